The summed E-state index contributed by atoms with van der Waals surface area (Å²) in [5.41, 5.74) is 6.41. The quantitative estimate of drug-likeness (QED) is 0.414. The Morgan fingerprint density at radius 3 is 2.54 bits per heavy atom. The van der Waals surface area contributed by atoms with Gasteiger partial charge in [-0.05, 0) is 57.4 Å². The predicted molar refractivity (Wildman–Crippen MR) is 129 cm³/mol. The van der Waals surface area contributed by atoms with E-state index in [1.165, 1.54) is 4.52 Å². The van der Waals surface area contributed by atoms with Crippen molar-refractivity contribution in [3.8, 4) is 0 Å². The molecule has 1 atom stereocenters. The number of hydrogen-bond acceptors (Lipinski definition) is 6. The fourth-order valence-electron chi connectivity index (χ4n) is 3.98. The first-order valence-electron chi connectivity index (χ1n) is 11.4. The second-order valence-corrected chi connectivity index (χ2v) is 9.31. The van der Waals surface area contributed by atoms with Crippen LogP contribution in [0.5, 0.6) is 0 Å². The van der Waals surface area contributed by atoms with Crippen LogP contribution in [0.3, 0.4) is 0 Å². The maximum absolute atomic E-state index is 14.1. The van der Waals surface area contributed by atoms with Gasteiger partial charge in [0.25, 0.3) is 5.91 Å². The molecule has 184 valence electrons. The third kappa shape index (κ3) is 4.93. The van der Waals surface area contributed by atoms with Crippen LogP contribution in [-0.4, -0.2) is 48.6 Å². The largest absolute Gasteiger partial charge is 0.386 e. The number of nitrogens with two attached hydrogens (primary N) is 1. The van der Waals surface area contributed by atoms with Crippen molar-refractivity contribution < 1.29 is 18.7 Å². The van der Waals surface area contributed by atoms with Crippen molar-refractivity contribution in [2.75, 3.05) is 12.8 Å². The number of amides is 1. The third-order valence-corrected chi connectivity index (χ3v) is 6.21. The highest BCUT2D eigenvalue weighted by Crippen LogP contribution is 2.24. The van der Waals surface area contributed by atoms with Crippen LogP contribution in [0.15, 0.2) is 36.4 Å². The number of carbonyl (C=O) groups excluding carboxylic acids is 1. The monoisotopic (exact) mass is 482 g/mol. The number of nitrogens with zero attached hydrogens (tertiary/aromatic N) is 5. The van der Waals surface area contributed by atoms with Crippen molar-refractivity contribution in [1.82, 2.24) is 24.5 Å². The van der Waals surface area contributed by atoms with Gasteiger partial charge in [0.2, 0.25) is 5.95 Å². The summed E-state index contributed by atoms with van der Waals surface area (Å²) < 4.78 is 29.2. The summed E-state index contributed by atoms with van der Waals surface area (Å²) in [4.78, 5) is 23.0. The van der Waals surface area contributed by atoms with Gasteiger partial charge >= 0.3 is 0 Å². The Hall–Kier alpha value is -3.66. The minimum atomic E-state index is -0.970. The Morgan fingerprint density at radius 2 is 1.89 bits per heavy atom. The average Bonchev–Trinajstić information content (AvgIpc) is 3.23. The van der Waals surface area contributed by atoms with Crippen molar-refractivity contribution in [1.29, 1.82) is 0 Å². The molecular formula is C25H28F2N6O2. The molecule has 8 nitrogen and oxygen atoms in total. The highest BCUT2D eigenvalue weighted by Gasteiger charge is 2.21. The molecule has 0 radical (unpaired) electrons. The summed E-state index contributed by atoms with van der Waals surface area (Å²) in [6.45, 7) is 5.35. The van der Waals surface area contributed by atoms with Crippen LogP contribution >= 0.6 is 0 Å². The minimum Gasteiger partial charge on any atom is -0.386 e. The van der Waals surface area contributed by atoms with Gasteiger partial charge in [-0.1, -0.05) is 12.1 Å². The fraction of sp³-hybridized carbons (Fsp3) is 0.360. The summed E-state index contributed by atoms with van der Waals surface area (Å²) in [5, 5.41) is 14.6. The van der Waals surface area contributed by atoms with Crippen molar-refractivity contribution in [2.45, 2.75) is 51.7 Å². The SMILES string of the molecule is C[C@@H](CCCc1nc2c3cc(F)cc(F)c3nc(N)n2n1)N(C)C(=O)c1ccc(C(C)(C)O)cc1. The molecule has 3 N–H and O–H groups in total. The minimum absolute atomic E-state index is 0.0361. The molecule has 4 rings (SSSR count). The normalized spacial score (nSPS) is 12.9. The van der Waals surface area contributed by atoms with Crippen LogP contribution in [0, 0.1) is 11.6 Å². The van der Waals surface area contributed by atoms with Crippen LogP contribution in [-0.2, 0) is 12.0 Å². The fourth-order valence-corrected chi connectivity index (χ4v) is 3.98. The van der Waals surface area contributed by atoms with Gasteiger partial charge in [0.15, 0.2) is 17.3 Å². The van der Waals surface area contributed by atoms with E-state index in [1.54, 1.807) is 50.1 Å². The molecular weight excluding hydrogens is 454 g/mol. The zero-order chi connectivity index (χ0) is 25.5. The molecule has 0 bridgehead atoms. The lowest BCUT2D eigenvalue weighted by molar-refractivity contribution is 0.0729. The van der Waals surface area contributed by atoms with Gasteiger partial charge in [-0.15, -0.1) is 5.10 Å². The summed E-state index contributed by atoms with van der Waals surface area (Å²) >= 11 is 0. The molecule has 0 fully saturated rings. The molecule has 10 heteroatoms. The number of aliphatic hydroxyl groups is 1. The highest BCUT2D eigenvalue weighted by molar-refractivity contribution is 5.94. The summed E-state index contributed by atoms with van der Waals surface area (Å²) in [6, 6.07) is 8.80. The summed E-state index contributed by atoms with van der Waals surface area (Å²) in [5.74, 6) is -1.22. The smallest absolute Gasteiger partial charge is 0.253 e. The first-order valence-corrected chi connectivity index (χ1v) is 11.4. The molecule has 0 spiro atoms. The van der Waals surface area contributed by atoms with Gasteiger partial charge in [0.05, 0.1) is 11.0 Å². The number of rotatable bonds is 7. The van der Waals surface area contributed by atoms with E-state index >= 15 is 0 Å². The second-order valence-electron chi connectivity index (χ2n) is 9.31. The molecule has 0 saturated heterocycles. The third-order valence-electron chi connectivity index (χ3n) is 6.21. The van der Waals surface area contributed by atoms with E-state index in [1.807, 2.05) is 6.92 Å². The molecule has 0 aliphatic carbocycles. The molecule has 0 saturated carbocycles. The van der Waals surface area contributed by atoms with Crippen molar-refractivity contribution in [2.24, 2.45) is 0 Å². The van der Waals surface area contributed by atoms with Gasteiger partial charge < -0.3 is 15.7 Å². The number of anilines is 1. The molecule has 2 heterocycles. The number of fused-ring (bicyclic) bond motifs is 3. The van der Waals surface area contributed by atoms with E-state index in [-0.39, 0.29) is 34.4 Å². The van der Waals surface area contributed by atoms with Gasteiger partial charge in [-0.25, -0.2) is 18.7 Å². The Balaban J connectivity index is 1.43. The predicted octanol–water partition coefficient (Wildman–Crippen LogP) is 3.85. The van der Waals surface area contributed by atoms with Crippen LogP contribution in [0.1, 0.15) is 55.4 Å². The zero-order valence-electron chi connectivity index (χ0n) is 20.1. The van der Waals surface area contributed by atoms with E-state index in [0.717, 1.165) is 17.7 Å². The number of halogens is 2. The molecule has 4 aromatic rings. The summed E-state index contributed by atoms with van der Waals surface area (Å²) in [6.07, 6.45) is 1.87. The van der Waals surface area contributed by atoms with Crippen molar-refractivity contribution in [3.63, 3.8) is 0 Å². The number of carbonyl (C=O) groups is 1. The lowest BCUT2D eigenvalue weighted by atomic mass is 9.97. The molecule has 2 aromatic carbocycles. The summed E-state index contributed by atoms with van der Waals surface area (Å²) in [7, 11) is 1.75. The molecule has 0 aliphatic rings. The second kappa shape index (κ2) is 9.18. The first-order chi connectivity index (χ1) is 16.5. The highest BCUT2D eigenvalue weighted by atomic mass is 19.1. The Labute approximate surface area is 201 Å². The van der Waals surface area contributed by atoms with Crippen LogP contribution in [0.2, 0.25) is 0 Å². The van der Waals surface area contributed by atoms with E-state index in [0.29, 0.717) is 30.7 Å². The molecule has 0 unspecified atom stereocenters. The van der Waals surface area contributed by atoms with E-state index in [2.05, 4.69) is 15.1 Å². The van der Waals surface area contributed by atoms with E-state index in [4.69, 9.17) is 5.73 Å². The number of aryl methyl sites for hydroxylation is 1. The maximum atomic E-state index is 14.1. The van der Waals surface area contributed by atoms with Crippen LogP contribution < -0.4 is 5.73 Å². The Kier molecular flexibility index (Phi) is 6.42. The van der Waals surface area contributed by atoms with Crippen LogP contribution in [0.4, 0.5) is 14.7 Å². The molecule has 1 amide bonds. The van der Waals surface area contributed by atoms with Gasteiger partial charge in [-0.2, -0.15) is 4.52 Å². The van der Waals surface area contributed by atoms with E-state index in [9.17, 15) is 18.7 Å². The van der Waals surface area contributed by atoms with Gasteiger partial charge in [0.1, 0.15) is 11.3 Å². The number of aromatic nitrogens is 4. The number of benzene rings is 2. The zero-order valence-corrected chi connectivity index (χ0v) is 20.1. The molecule has 2 aromatic heterocycles. The lowest BCUT2D eigenvalue weighted by Gasteiger charge is -2.25. The Morgan fingerprint density at radius 1 is 1.20 bits per heavy atom. The number of nitrogen functional groups attached to an aromatic ring is 1. The Bertz CT molecular complexity index is 1400. The standard InChI is InChI=1S/C25H28F2N6O2/c1-14(32(4)23(34)15-8-10-16(11-9-15)25(2,3)35)6-5-7-20-29-22-18-12-17(26)13-19(27)21(18)30-24(28)33(22)31-20/h8-14,35H,5-7H2,1-4H3,(H2,28,30)/t14-/m0/s1. The molecule has 0 aliphatic heterocycles. The van der Waals surface area contributed by atoms with E-state index < -0.39 is 17.2 Å². The van der Waals surface area contributed by atoms with Crippen molar-refractivity contribution >= 4 is 28.4 Å². The topological polar surface area (TPSA) is 110 Å². The average molecular weight is 483 g/mol. The first kappa shape index (κ1) is 24.5. The van der Waals surface area contributed by atoms with Crippen LogP contribution in [0.25, 0.3) is 16.6 Å². The van der Waals surface area contributed by atoms with Gasteiger partial charge in [-0.3, -0.25) is 4.79 Å². The maximum Gasteiger partial charge on any atom is 0.253 e. The lowest BCUT2D eigenvalue weighted by Crippen LogP contribution is -2.35. The molecule has 35 heavy (non-hydrogen) atoms. The number of hydrogen-bond donors (Lipinski definition) is 2. The van der Waals surface area contributed by atoms with Crippen molar-refractivity contribution in [3.05, 3.63) is 65.0 Å². The van der Waals surface area contributed by atoms with Gasteiger partial charge in [0, 0.05) is 31.1 Å².